The number of unbranched alkanes of at least 4 members (excludes halogenated alkanes) is 1. The summed E-state index contributed by atoms with van der Waals surface area (Å²) in [5.41, 5.74) is 0.679. The lowest BCUT2D eigenvalue weighted by molar-refractivity contribution is -0.129. The van der Waals surface area contributed by atoms with E-state index in [1.54, 1.807) is 0 Å². The van der Waals surface area contributed by atoms with Crippen molar-refractivity contribution in [3.63, 3.8) is 0 Å². The molecule has 0 bridgehead atoms. The van der Waals surface area contributed by atoms with Crippen molar-refractivity contribution >= 4 is 11.9 Å². The van der Waals surface area contributed by atoms with Gasteiger partial charge in [-0.15, -0.1) is 0 Å². The second-order valence-electron chi connectivity index (χ2n) is 6.32. The van der Waals surface area contributed by atoms with Gasteiger partial charge in [-0.1, -0.05) is 43.7 Å². The minimum absolute atomic E-state index is 0.00135. The van der Waals surface area contributed by atoms with Crippen LogP contribution in [0.15, 0.2) is 47.3 Å². The first-order chi connectivity index (χ1) is 12.9. The molecule has 27 heavy (non-hydrogen) atoms. The number of aromatic nitrogens is 2. The van der Waals surface area contributed by atoms with Crippen molar-refractivity contribution in [1.29, 1.82) is 0 Å². The van der Waals surface area contributed by atoms with Gasteiger partial charge >= 0.3 is 5.97 Å². The maximum atomic E-state index is 12.3. The molecule has 1 aromatic carbocycles. The molecule has 0 radical (unpaired) electrons. The second kappa shape index (κ2) is 9.66. The van der Waals surface area contributed by atoms with E-state index in [9.17, 15) is 14.4 Å². The van der Waals surface area contributed by atoms with E-state index >= 15 is 0 Å². The summed E-state index contributed by atoms with van der Waals surface area (Å²) in [6.45, 7) is 5.78. The molecule has 0 fully saturated rings. The van der Waals surface area contributed by atoms with Gasteiger partial charge in [-0.05, 0) is 31.9 Å². The van der Waals surface area contributed by atoms with Crippen LogP contribution in [0.4, 0.5) is 0 Å². The average Bonchev–Trinajstić information content (AvgIpc) is 2.67. The number of aryl methyl sites for hydroxylation is 1. The topological polar surface area (TPSA) is 90.3 Å². The van der Waals surface area contributed by atoms with E-state index in [2.05, 4.69) is 10.4 Å². The molecule has 7 nitrogen and oxygen atoms in total. The Morgan fingerprint density at radius 2 is 1.85 bits per heavy atom. The number of hydrogen-bond donors (Lipinski definition) is 1. The van der Waals surface area contributed by atoms with Gasteiger partial charge in [0.15, 0.2) is 11.8 Å². The van der Waals surface area contributed by atoms with E-state index in [0.29, 0.717) is 6.54 Å². The zero-order chi connectivity index (χ0) is 19.8. The summed E-state index contributed by atoms with van der Waals surface area (Å²) in [5, 5.41) is 6.84. The van der Waals surface area contributed by atoms with E-state index in [-0.39, 0.29) is 17.3 Å². The van der Waals surface area contributed by atoms with Crippen molar-refractivity contribution in [2.24, 2.45) is 0 Å². The van der Waals surface area contributed by atoms with Crippen LogP contribution in [-0.4, -0.2) is 27.8 Å². The molecule has 0 aliphatic rings. The number of carbonyl (C=O) groups excluding carboxylic acids is 2. The highest BCUT2D eigenvalue weighted by Gasteiger charge is 2.22. The second-order valence-corrected chi connectivity index (χ2v) is 6.32. The number of nitrogens with zero attached hydrogens (tertiary/aromatic N) is 2. The molecule has 7 heteroatoms. The smallest absolute Gasteiger partial charge is 0.359 e. The Balaban J connectivity index is 1.98. The molecule has 1 aromatic heterocycles. The number of carbonyl (C=O) groups is 2. The summed E-state index contributed by atoms with van der Waals surface area (Å²) in [5.74, 6) is -1.14. The fourth-order valence-corrected chi connectivity index (χ4v) is 2.46. The number of rotatable bonds is 8. The fourth-order valence-electron chi connectivity index (χ4n) is 2.46. The summed E-state index contributed by atoms with van der Waals surface area (Å²) >= 11 is 0. The molecule has 144 valence electrons. The van der Waals surface area contributed by atoms with E-state index in [0.717, 1.165) is 18.4 Å². The quantitative estimate of drug-likeness (QED) is 0.720. The highest BCUT2D eigenvalue weighted by atomic mass is 16.5. The van der Waals surface area contributed by atoms with Crippen LogP contribution < -0.4 is 10.9 Å². The SMILES string of the molecule is CCCCn1nc(C(=O)OC(C)C(=O)NC(C)c2ccccc2)ccc1=O. The molecule has 0 aliphatic heterocycles. The summed E-state index contributed by atoms with van der Waals surface area (Å²) in [7, 11) is 0. The lowest BCUT2D eigenvalue weighted by atomic mass is 10.1. The lowest BCUT2D eigenvalue weighted by Gasteiger charge is -2.18. The van der Waals surface area contributed by atoms with E-state index in [1.165, 1.54) is 23.7 Å². The summed E-state index contributed by atoms with van der Waals surface area (Å²) < 4.78 is 6.44. The summed E-state index contributed by atoms with van der Waals surface area (Å²) in [4.78, 5) is 36.3. The first kappa shape index (κ1) is 20.4. The fraction of sp³-hybridized carbons (Fsp3) is 0.400. The Morgan fingerprint density at radius 3 is 2.52 bits per heavy atom. The number of benzene rings is 1. The van der Waals surface area contributed by atoms with Crippen molar-refractivity contribution in [1.82, 2.24) is 15.1 Å². The van der Waals surface area contributed by atoms with E-state index in [4.69, 9.17) is 4.74 Å². The highest BCUT2D eigenvalue weighted by Crippen LogP contribution is 2.12. The first-order valence-electron chi connectivity index (χ1n) is 9.06. The monoisotopic (exact) mass is 371 g/mol. The molecule has 2 unspecified atom stereocenters. The molecule has 2 rings (SSSR count). The molecule has 0 aliphatic carbocycles. The largest absolute Gasteiger partial charge is 0.448 e. The van der Waals surface area contributed by atoms with Crippen LogP contribution >= 0.6 is 0 Å². The third-order valence-electron chi connectivity index (χ3n) is 4.11. The molecule has 1 amide bonds. The Labute approximate surface area is 158 Å². The summed E-state index contributed by atoms with van der Waals surface area (Å²) in [6.07, 6.45) is 0.697. The van der Waals surface area contributed by atoms with Crippen molar-refractivity contribution in [2.75, 3.05) is 0 Å². The minimum atomic E-state index is -0.985. The number of amides is 1. The molecule has 0 spiro atoms. The zero-order valence-corrected chi connectivity index (χ0v) is 15.8. The third kappa shape index (κ3) is 5.77. The maximum absolute atomic E-state index is 12.3. The van der Waals surface area contributed by atoms with Gasteiger partial charge in [0.25, 0.3) is 11.5 Å². The Bertz CT molecular complexity index is 833. The summed E-state index contributed by atoms with van der Waals surface area (Å²) in [6, 6.07) is 11.9. The van der Waals surface area contributed by atoms with E-state index in [1.807, 2.05) is 44.2 Å². The van der Waals surface area contributed by atoms with Gasteiger partial charge in [0.2, 0.25) is 0 Å². The Hall–Kier alpha value is -2.96. The standard InChI is InChI=1S/C20H25N3O4/c1-4-5-13-23-18(24)12-11-17(22-23)20(26)27-15(3)19(25)21-14(2)16-9-7-6-8-10-16/h6-12,14-15H,4-5,13H2,1-3H3,(H,21,25). The van der Waals surface area contributed by atoms with Gasteiger partial charge in [-0.25, -0.2) is 9.48 Å². The molecule has 1 heterocycles. The van der Waals surface area contributed by atoms with Gasteiger partial charge in [0.05, 0.1) is 6.04 Å². The molecule has 0 saturated carbocycles. The van der Waals surface area contributed by atoms with Crippen LogP contribution in [0.25, 0.3) is 0 Å². The van der Waals surface area contributed by atoms with Gasteiger partial charge in [0, 0.05) is 12.6 Å². The third-order valence-corrected chi connectivity index (χ3v) is 4.11. The highest BCUT2D eigenvalue weighted by molar-refractivity contribution is 5.90. The number of ether oxygens (including phenoxy) is 1. The predicted octanol–water partition coefficient (Wildman–Crippen LogP) is 2.47. The zero-order valence-electron chi connectivity index (χ0n) is 15.8. The Morgan fingerprint density at radius 1 is 1.15 bits per heavy atom. The van der Waals surface area contributed by atoms with Crippen LogP contribution in [0.2, 0.25) is 0 Å². The number of esters is 1. The van der Waals surface area contributed by atoms with Gasteiger partial charge in [-0.3, -0.25) is 9.59 Å². The first-order valence-corrected chi connectivity index (χ1v) is 9.06. The molecule has 2 aromatic rings. The molecular weight excluding hydrogens is 346 g/mol. The van der Waals surface area contributed by atoms with Gasteiger partial charge < -0.3 is 10.1 Å². The van der Waals surface area contributed by atoms with Crippen LogP contribution in [0.5, 0.6) is 0 Å². The van der Waals surface area contributed by atoms with Crippen molar-refractivity contribution in [3.05, 3.63) is 64.1 Å². The van der Waals surface area contributed by atoms with Gasteiger partial charge in [0.1, 0.15) is 0 Å². The van der Waals surface area contributed by atoms with Crippen molar-refractivity contribution in [3.8, 4) is 0 Å². The van der Waals surface area contributed by atoms with Crippen LogP contribution in [0.1, 0.15) is 55.7 Å². The normalized spacial score (nSPS) is 12.9. The van der Waals surface area contributed by atoms with Crippen LogP contribution in [0, 0.1) is 0 Å². The van der Waals surface area contributed by atoms with Crippen LogP contribution in [0.3, 0.4) is 0 Å². The Kier molecular flexibility index (Phi) is 7.28. The van der Waals surface area contributed by atoms with E-state index < -0.39 is 18.0 Å². The van der Waals surface area contributed by atoms with Crippen molar-refractivity contribution in [2.45, 2.75) is 52.3 Å². The minimum Gasteiger partial charge on any atom is -0.448 e. The average molecular weight is 371 g/mol. The number of nitrogens with one attached hydrogen (secondary N) is 1. The van der Waals surface area contributed by atoms with Crippen molar-refractivity contribution < 1.29 is 14.3 Å². The van der Waals surface area contributed by atoms with Gasteiger partial charge in [-0.2, -0.15) is 5.10 Å². The molecule has 2 atom stereocenters. The maximum Gasteiger partial charge on any atom is 0.359 e. The predicted molar refractivity (Wildman–Crippen MR) is 101 cm³/mol. The molecule has 0 saturated heterocycles. The lowest BCUT2D eigenvalue weighted by Crippen LogP contribution is -2.37. The molecular formula is C20H25N3O4. The number of hydrogen-bond acceptors (Lipinski definition) is 5. The van der Waals surface area contributed by atoms with Crippen LogP contribution in [-0.2, 0) is 16.1 Å². The molecule has 1 N–H and O–H groups in total.